The zero-order valence-corrected chi connectivity index (χ0v) is 15.4. The van der Waals surface area contributed by atoms with Crippen LogP contribution in [0, 0.1) is 0 Å². The minimum Gasteiger partial charge on any atom is -0.491 e. The number of hydrogen-bond donors (Lipinski definition) is 1. The molecule has 6 heteroatoms. The highest BCUT2D eigenvalue weighted by molar-refractivity contribution is 6.42. The van der Waals surface area contributed by atoms with E-state index in [1.54, 1.807) is 36.4 Å². The van der Waals surface area contributed by atoms with Gasteiger partial charge in [-0.05, 0) is 42.3 Å². The molecule has 0 aliphatic rings. The van der Waals surface area contributed by atoms with Crippen molar-refractivity contribution in [1.82, 2.24) is 0 Å². The molecular formula is C19H20Cl2O4. The molecule has 25 heavy (non-hydrogen) atoms. The number of halogens is 2. The lowest BCUT2D eigenvalue weighted by Crippen LogP contribution is -2.25. The number of hydrogen-bond acceptors (Lipinski definition) is 4. The van der Waals surface area contributed by atoms with Gasteiger partial charge in [0.15, 0.2) is 0 Å². The first-order chi connectivity index (χ1) is 12.0. The number of aldehydes is 1. The topological polar surface area (TPSA) is 55.8 Å². The third-order valence-corrected chi connectivity index (χ3v) is 4.23. The molecule has 0 radical (unpaired) electrons. The summed E-state index contributed by atoms with van der Waals surface area (Å²) in [5.74, 6) is 1.19. The summed E-state index contributed by atoms with van der Waals surface area (Å²) < 4.78 is 11.2. The lowest BCUT2D eigenvalue weighted by atomic mass is 10.1. The van der Waals surface area contributed by atoms with Gasteiger partial charge < -0.3 is 14.6 Å². The molecule has 0 heterocycles. The Hall–Kier alpha value is -1.75. The number of rotatable bonds is 9. The van der Waals surface area contributed by atoms with E-state index in [2.05, 4.69) is 6.92 Å². The second kappa shape index (κ2) is 9.66. The minimum atomic E-state index is -0.810. The molecule has 0 saturated heterocycles. The molecule has 0 aliphatic carbocycles. The molecule has 0 saturated carbocycles. The van der Waals surface area contributed by atoms with Crippen LogP contribution in [0.1, 0.15) is 29.3 Å². The van der Waals surface area contributed by atoms with Crippen LogP contribution in [0.25, 0.3) is 0 Å². The molecule has 4 nitrogen and oxygen atoms in total. The molecule has 2 aromatic rings. The quantitative estimate of drug-likeness (QED) is 0.645. The molecule has 1 N–H and O–H groups in total. The third-order valence-electron chi connectivity index (χ3n) is 3.51. The van der Waals surface area contributed by atoms with E-state index in [4.69, 9.17) is 32.7 Å². The van der Waals surface area contributed by atoms with Crippen LogP contribution >= 0.6 is 23.2 Å². The number of carbonyl (C=O) groups excluding carboxylic acids is 1. The number of ether oxygens (including phenoxy) is 2. The number of aryl methyl sites for hydroxylation is 1. The molecule has 1 unspecified atom stereocenters. The van der Waals surface area contributed by atoms with Crippen LogP contribution in [0.3, 0.4) is 0 Å². The monoisotopic (exact) mass is 382 g/mol. The Morgan fingerprint density at radius 2 is 1.72 bits per heavy atom. The van der Waals surface area contributed by atoms with Gasteiger partial charge in [0.05, 0.1) is 10.0 Å². The first-order valence-corrected chi connectivity index (χ1v) is 8.76. The second-order valence-corrected chi connectivity index (χ2v) is 6.40. The highest BCUT2D eigenvalue weighted by Gasteiger charge is 2.12. The molecule has 2 aromatic carbocycles. The van der Waals surface area contributed by atoms with Gasteiger partial charge in [-0.2, -0.15) is 0 Å². The molecule has 134 valence electrons. The number of aliphatic hydroxyl groups excluding tert-OH is 1. The number of carbonyl (C=O) groups is 1. The standard InChI is InChI=1S/C19H20Cl2O4/c1-2-3-14-8-17(20)18(21)9-19(14)25-12-15(23)11-24-16-6-4-13(10-22)5-7-16/h4-10,15,23H,2-3,11-12H2,1H3. The van der Waals surface area contributed by atoms with Crippen LogP contribution in [0.15, 0.2) is 36.4 Å². The maximum absolute atomic E-state index is 10.6. The van der Waals surface area contributed by atoms with Crippen LogP contribution in [0.5, 0.6) is 11.5 Å². The maximum atomic E-state index is 10.6. The maximum Gasteiger partial charge on any atom is 0.150 e. The van der Waals surface area contributed by atoms with Crippen LogP contribution in [0.2, 0.25) is 10.0 Å². The normalized spacial score (nSPS) is 11.8. The Bertz CT molecular complexity index is 701. The lowest BCUT2D eigenvalue weighted by molar-refractivity contribution is 0.0623. The van der Waals surface area contributed by atoms with Crippen LogP contribution in [-0.2, 0) is 6.42 Å². The summed E-state index contributed by atoms with van der Waals surface area (Å²) in [6.45, 7) is 2.21. The van der Waals surface area contributed by atoms with Crippen molar-refractivity contribution in [2.45, 2.75) is 25.9 Å². The molecular weight excluding hydrogens is 363 g/mol. The molecule has 0 aromatic heterocycles. The van der Waals surface area contributed by atoms with Crippen molar-refractivity contribution in [1.29, 1.82) is 0 Å². The number of benzene rings is 2. The zero-order valence-electron chi connectivity index (χ0n) is 13.9. The Kier molecular flexibility index (Phi) is 7.56. The first-order valence-electron chi connectivity index (χ1n) is 8.00. The van der Waals surface area contributed by atoms with Gasteiger partial charge in [-0.15, -0.1) is 0 Å². The smallest absolute Gasteiger partial charge is 0.150 e. The van der Waals surface area contributed by atoms with E-state index in [0.717, 1.165) is 24.7 Å². The summed E-state index contributed by atoms with van der Waals surface area (Å²) in [7, 11) is 0. The molecule has 0 fully saturated rings. The van der Waals surface area contributed by atoms with Crippen LogP contribution in [-0.4, -0.2) is 30.7 Å². The van der Waals surface area contributed by atoms with E-state index < -0.39 is 6.10 Å². The van der Waals surface area contributed by atoms with Crippen molar-refractivity contribution in [2.24, 2.45) is 0 Å². The predicted octanol–water partition coefficient (Wildman–Crippen LogP) is 4.58. The van der Waals surface area contributed by atoms with Gasteiger partial charge in [-0.3, -0.25) is 4.79 Å². The molecule has 2 rings (SSSR count). The van der Waals surface area contributed by atoms with Crippen LogP contribution in [0.4, 0.5) is 0 Å². The summed E-state index contributed by atoms with van der Waals surface area (Å²) in [4.78, 5) is 10.6. The number of aliphatic hydroxyl groups is 1. The van der Waals surface area contributed by atoms with Crippen LogP contribution < -0.4 is 9.47 Å². The third kappa shape index (κ3) is 5.92. The van der Waals surface area contributed by atoms with Crippen molar-refractivity contribution in [3.8, 4) is 11.5 Å². The second-order valence-electron chi connectivity index (χ2n) is 5.59. The molecule has 1 atom stereocenters. The van der Waals surface area contributed by atoms with E-state index in [1.807, 2.05) is 0 Å². The van der Waals surface area contributed by atoms with Gasteiger partial charge in [0.25, 0.3) is 0 Å². The summed E-state index contributed by atoms with van der Waals surface area (Å²) in [6.07, 6.45) is 1.70. The summed E-state index contributed by atoms with van der Waals surface area (Å²) in [5, 5.41) is 11.0. The van der Waals surface area contributed by atoms with Gasteiger partial charge in [-0.25, -0.2) is 0 Å². The van der Waals surface area contributed by atoms with Crippen molar-refractivity contribution < 1.29 is 19.4 Å². The molecule has 0 amide bonds. The highest BCUT2D eigenvalue weighted by Crippen LogP contribution is 2.31. The Balaban J connectivity index is 1.89. The fourth-order valence-electron chi connectivity index (χ4n) is 2.24. The Morgan fingerprint density at radius 1 is 1.08 bits per heavy atom. The Labute approximate surface area is 157 Å². The van der Waals surface area contributed by atoms with E-state index in [1.165, 1.54) is 0 Å². The van der Waals surface area contributed by atoms with Crippen molar-refractivity contribution in [2.75, 3.05) is 13.2 Å². The molecule has 0 bridgehead atoms. The van der Waals surface area contributed by atoms with Gasteiger partial charge in [0.2, 0.25) is 0 Å². The average molecular weight is 383 g/mol. The zero-order chi connectivity index (χ0) is 18.2. The summed E-state index contributed by atoms with van der Waals surface area (Å²) in [6, 6.07) is 10.1. The summed E-state index contributed by atoms with van der Waals surface area (Å²) in [5.41, 5.74) is 1.52. The molecule has 0 spiro atoms. The lowest BCUT2D eigenvalue weighted by Gasteiger charge is -2.16. The minimum absolute atomic E-state index is 0.0705. The summed E-state index contributed by atoms with van der Waals surface area (Å²) >= 11 is 12.1. The van der Waals surface area contributed by atoms with E-state index in [0.29, 0.717) is 27.1 Å². The fraction of sp³-hybridized carbons (Fsp3) is 0.316. The fourth-order valence-corrected chi connectivity index (χ4v) is 2.58. The van der Waals surface area contributed by atoms with Gasteiger partial charge >= 0.3 is 0 Å². The predicted molar refractivity (Wildman–Crippen MR) is 99.3 cm³/mol. The first kappa shape index (κ1) is 19.6. The average Bonchev–Trinajstić information content (AvgIpc) is 2.62. The van der Waals surface area contributed by atoms with Gasteiger partial charge in [0, 0.05) is 11.6 Å². The molecule has 0 aliphatic heterocycles. The van der Waals surface area contributed by atoms with E-state index >= 15 is 0 Å². The largest absolute Gasteiger partial charge is 0.491 e. The van der Waals surface area contributed by atoms with Crippen molar-refractivity contribution in [3.05, 3.63) is 57.6 Å². The SMILES string of the molecule is CCCc1cc(Cl)c(Cl)cc1OCC(O)COc1ccc(C=O)cc1. The van der Waals surface area contributed by atoms with Crippen molar-refractivity contribution in [3.63, 3.8) is 0 Å². The van der Waals surface area contributed by atoms with E-state index in [9.17, 15) is 9.90 Å². The van der Waals surface area contributed by atoms with Gasteiger partial charge in [0.1, 0.15) is 37.1 Å². The van der Waals surface area contributed by atoms with Gasteiger partial charge in [-0.1, -0.05) is 36.5 Å². The highest BCUT2D eigenvalue weighted by atomic mass is 35.5. The van der Waals surface area contributed by atoms with E-state index in [-0.39, 0.29) is 13.2 Å². The van der Waals surface area contributed by atoms with Crippen molar-refractivity contribution >= 4 is 29.5 Å². The Morgan fingerprint density at radius 3 is 2.36 bits per heavy atom.